The zero-order valence-corrected chi connectivity index (χ0v) is 12.7. The number of nitrogens with zero attached hydrogens (tertiary/aromatic N) is 3. The number of anilines is 2. The van der Waals surface area contributed by atoms with E-state index in [1.807, 2.05) is 19.2 Å². The first-order chi connectivity index (χ1) is 10.7. The molecular weight excluding hydrogens is 282 g/mol. The Morgan fingerprint density at radius 3 is 2.91 bits per heavy atom. The van der Waals surface area contributed by atoms with Gasteiger partial charge in [-0.1, -0.05) is 12.5 Å². The molecule has 0 aromatic carbocycles. The highest BCUT2D eigenvalue weighted by Crippen LogP contribution is 2.15. The van der Waals surface area contributed by atoms with Crippen LogP contribution in [0, 0.1) is 0 Å². The molecule has 0 spiro atoms. The van der Waals surface area contributed by atoms with E-state index < -0.39 is 5.97 Å². The third-order valence-electron chi connectivity index (χ3n) is 3.27. The van der Waals surface area contributed by atoms with Crippen molar-refractivity contribution >= 4 is 24.0 Å². The van der Waals surface area contributed by atoms with E-state index >= 15 is 0 Å². The molecule has 1 aromatic heterocycles. The largest absolute Gasteiger partial charge is 0.477 e. The van der Waals surface area contributed by atoms with Crippen molar-refractivity contribution in [1.82, 2.24) is 9.97 Å². The second-order valence-corrected chi connectivity index (χ2v) is 4.99. The lowest BCUT2D eigenvalue weighted by Crippen LogP contribution is -2.13. The second-order valence-electron chi connectivity index (χ2n) is 4.99. The number of carboxylic acids is 1. The van der Waals surface area contributed by atoms with Gasteiger partial charge in [0.1, 0.15) is 11.4 Å². The molecule has 1 aromatic rings. The highest BCUT2D eigenvalue weighted by atomic mass is 16.4. The van der Waals surface area contributed by atoms with E-state index in [1.165, 1.54) is 11.8 Å². The van der Waals surface area contributed by atoms with Crippen LogP contribution in [0.25, 0.3) is 0 Å². The topological polar surface area (TPSA) is 99.5 Å². The molecule has 1 aliphatic rings. The van der Waals surface area contributed by atoms with Crippen molar-refractivity contribution in [2.45, 2.75) is 26.2 Å². The smallest absolute Gasteiger partial charge is 0.341 e. The highest BCUT2D eigenvalue weighted by molar-refractivity contribution is 5.92. The Labute approximate surface area is 129 Å². The van der Waals surface area contributed by atoms with Gasteiger partial charge < -0.3 is 15.7 Å². The summed E-state index contributed by atoms with van der Waals surface area (Å²) in [4.78, 5) is 23.6. The molecule has 0 atom stereocenters. The number of aliphatic imine (C=N–C) groups is 1. The Morgan fingerprint density at radius 1 is 1.36 bits per heavy atom. The first-order valence-electron chi connectivity index (χ1n) is 7.46. The molecule has 1 aliphatic heterocycles. The molecular formula is C15H21N5O2. The summed E-state index contributed by atoms with van der Waals surface area (Å²) in [5.74, 6) is -0.235. The number of dihydropyridines is 1. The van der Waals surface area contributed by atoms with Gasteiger partial charge in [-0.25, -0.2) is 9.78 Å². The molecule has 2 rings (SSSR count). The fourth-order valence-corrected chi connectivity index (χ4v) is 2.07. The minimum atomic E-state index is -1.03. The van der Waals surface area contributed by atoms with E-state index in [1.54, 1.807) is 0 Å². The standard InChI is InChI=1S/C15H21N5O2/c1-2-6-17-13-12(14(21)22)10-19-15(20-13)18-9-5-11-3-7-16-8-4-11/h3,7,10H,2,4-6,8-9H2,1H3,(H,21,22)(H2,17,18,19,20). The van der Waals surface area contributed by atoms with Crippen LogP contribution in [-0.4, -0.2) is 46.9 Å². The Morgan fingerprint density at radius 2 is 2.23 bits per heavy atom. The number of hydrogen-bond acceptors (Lipinski definition) is 6. The van der Waals surface area contributed by atoms with E-state index in [9.17, 15) is 4.79 Å². The van der Waals surface area contributed by atoms with Gasteiger partial charge in [0.2, 0.25) is 5.95 Å². The van der Waals surface area contributed by atoms with Crippen molar-refractivity contribution in [1.29, 1.82) is 0 Å². The van der Waals surface area contributed by atoms with Crippen molar-refractivity contribution in [2.75, 3.05) is 30.3 Å². The number of hydrogen-bond donors (Lipinski definition) is 3. The van der Waals surface area contributed by atoms with Gasteiger partial charge in [0.15, 0.2) is 0 Å². The third-order valence-corrected chi connectivity index (χ3v) is 3.27. The summed E-state index contributed by atoms with van der Waals surface area (Å²) in [6, 6.07) is 0. The van der Waals surface area contributed by atoms with Gasteiger partial charge in [-0.15, -0.1) is 0 Å². The fourth-order valence-electron chi connectivity index (χ4n) is 2.07. The second kappa shape index (κ2) is 8.11. The lowest BCUT2D eigenvalue weighted by molar-refractivity contribution is 0.0697. The Bertz CT molecular complexity index is 583. The molecule has 3 N–H and O–H groups in total. The molecule has 0 amide bonds. The number of carbonyl (C=O) groups is 1. The van der Waals surface area contributed by atoms with Gasteiger partial charge >= 0.3 is 5.97 Å². The van der Waals surface area contributed by atoms with E-state index in [-0.39, 0.29) is 5.56 Å². The Kier molecular flexibility index (Phi) is 5.88. The normalized spacial score (nSPS) is 13.6. The highest BCUT2D eigenvalue weighted by Gasteiger charge is 2.13. The van der Waals surface area contributed by atoms with Crippen molar-refractivity contribution < 1.29 is 9.90 Å². The molecule has 0 unspecified atom stereocenters. The quantitative estimate of drug-likeness (QED) is 0.681. The van der Waals surface area contributed by atoms with E-state index in [0.29, 0.717) is 24.9 Å². The summed E-state index contributed by atoms with van der Waals surface area (Å²) in [7, 11) is 0. The minimum absolute atomic E-state index is 0.0881. The van der Waals surface area contributed by atoms with Crippen LogP contribution in [-0.2, 0) is 0 Å². The summed E-state index contributed by atoms with van der Waals surface area (Å²) in [5.41, 5.74) is 1.43. The molecule has 118 valence electrons. The zero-order chi connectivity index (χ0) is 15.8. The predicted octanol–water partition coefficient (Wildman–Crippen LogP) is 2.20. The van der Waals surface area contributed by atoms with Gasteiger partial charge in [0.25, 0.3) is 0 Å². The molecule has 2 heterocycles. The Balaban J connectivity index is 1.96. The minimum Gasteiger partial charge on any atom is -0.477 e. The number of allylic oxidation sites excluding steroid dienone is 1. The van der Waals surface area contributed by atoms with Crippen LogP contribution in [0.1, 0.15) is 36.5 Å². The number of nitrogens with one attached hydrogen (secondary N) is 2. The van der Waals surface area contributed by atoms with Crippen LogP contribution in [0.4, 0.5) is 11.8 Å². The summed E-state index contributed by atoms with van der Waals surface area (Å²) >= 11 is 0. The van der Waals surface area contributed by atoms with Crippen LogP contribution < -0.4 is 10.6 Å². The molecule has 0 radical (unpaired) electrons. The maximum Gasteiger partial charge on any atom is 0.341 e. The number of rotatable bonds is 8. The molecule has 0 fully saturated rings. The van der Waals surface area contributed by atoms with Gasteiger partial charge in [-0.05, 0) is 25.3 Å². The molecule has 0 saturated heterocycles. The number of aromatic carboxylic acids is 1. The molecule has 0 saturated carbocycles. The molecule has 0 bridgehead atoms. The van der Waals surface area contributed by atoms with Crippen molar-refractivity contribution in [2.24, 2.45) is 4.99 Å². The number of carboxylic acid groups (broad SMARTS) is 1. The number of aromatic nitrogens is 2. The first-order valence-corrected chi connectivity index (χ1v) is 7.46. The van der Waals surface area contributed by atoms with Gasteiger partial charge in [0, 0.05) is 32.0 Å². The van der Waals surface area contributed by atoms with Gasteiger partial charge in [-0.3, -0.25) is 4.99 Å². The summed E-state index contributed by atoms with van der Waals surface area (Å²) in [5, 5.41) is 15.3. The summed E-state index contributed by atoms with van der Waals surface area (Å²) < 4.78 is 0. The van der Waals surface area contributed by atoms with E-state index in [4.69, 9.17) is 5.11 Å². The van der Waals surface area contributed by atoms with Crippen LogP contribution in [0.5, 0.6) is 0 Å². The van der Waals surface area contributed by atoms with Gasteiger partial charge in [-0.2, -0.15) is 4.98 Å². The lowest BCUT2D eigenvalue weighted by atomic mass is 10.1. The lowest BCUT2D eigenvalue weighted by Gasteiger charge is -2.12. The monoisotopic (exact) mass is 303 g/mol. The molecule has 7 heteroatoms. The average Bonchev–Trinajstić information content (AvgIpc) is 2.54. The zero-order valence-electron chi connectivity index (χ0n) is 12.7. The fraction of sp³-hybridized carbons (Fsp3) is 0.467. The maximum atomic E-state index is 11.2. The van der Waals surface area contributed by atoms with Gasteiger partial charge in [0.05, 0.1) is 0 Å². The van der Waals surface area contributed by atoms with Crippen LogP contribution in [0.3, 0.4) is 0 Å². The van der Waals surface area contributed by atoms with Crippen LogP contribution in [0.2, 0.25) is 0 Å². The molecule has 0 aliphatic carbocycles. The van der Waals surface area contributed by atoms with Crippen LogP contribution in [0.15, 0.2) is 22.8 Å². The summed E-state index contributed by atoms with van der Waals surface area (Å²) in [6.45, 7) is 4.23. The molecule has 22 heavy (non-hydrogen) atoms. The van der Waals surface area contributed by atoms with E-state index in [0.717, 1.165) is 25.8 Å². The van der Waals surface area contributed by atoms with E-state index in [2.05, 4.69) is 25.6 Å². The van der Waals surface area contributed by atoms with Crippen molar-refractivity contribution in [3.05, 3.63) is 23.4 Å². The summed E-state index contributed by atoms with van der Waals surface area (Å²) in [6.07, 6.45) is 7.98. The SMILES string of the molecule is CCCNc1nc(NCCC2=CC=NCC2)ncc1C(=O)O. The maximum absolute atomic E-state index is 11.2. The Hall–Kier alpha value is -2.44. The third kappa shape index (κ3) is 4.54. The average molecular weight is 303 g/mol. The predicted molar refractivity (Wildman–Crippen MR) is 86.9 cm³/mol. The molecule has 7 nitrogen and oxygen atoms in total. The first kappa shape index (κ1) is 15.9. The van der Waals surface area contributed by atoms with Crippen molar-refractivity contribution in [3.63, 3.8) is 0 Å². The van der Waals surface area contributed by atoms with Crippen LogP contribution >= 0.6 is 0 Å². The van der Waals surface area contributed by atoms with Crippen molar-refractivity contribution in [3.8, 4) is 0 Å².